The molecule has 0 aliphatic rings. The fourth-order valence-electron chi connectivity index (χ4n) is 9.99. The van der Waals surface area contributed by atoms with Crippen molar-refractivity contribution in [1.29, 1.82) is 0 Å². The number of ether oxygens (including phenoxy) is 2. The number of nitrogens with two attached hydrogens (primary N) is 1. The minimum absolute atomic E-state index is 0.0459. The molecule has 0 aromatic carbocycles. The van der Waals surface area contributed by atoms with Gasteiger partial charge in [-0.05, 0) is 83.5 Å². The average molecular weight is 1210 g/mol. The van der Waals surface area contributed by atoms with Crippen LogP contribution in [0.15, 0.2) is 109 Å². The summed E-state index contributed by atoms with van der Waals surface area (Å²) in [7, 11) is -4.41. The smallest absolute Gasteiger partial charge is 0.462 e. The van der Waals surface area contributed by atoms with Crippen LogP contribution in [0.4, 0.5) is 0 Å². The van der Waals surface area contributed by atoms with Crippen LogP contribution in [-0.2, 0) is 32.7 Å². The van der Waals surface area contributed by atoms with Crippen molar-refractivity contribution in [3.8, 4) is 0 Å². The van der Waals surface area contributed by atoms with Gasteiger partial charge in [-0.2, -0.15) is 0 Å². The highest BCUT2D eigenvalue weighted by atomic mass is 31.2. The molecule has 0 bridgehead atoms. The number of carbonyl (C=O) groups is 2. The molecule has 85 heavy (non-hydrogen) atoms. The Hall–Kier alpha value is -3.33. The summed E-state index contributed by atoms with van der Waals surface area (Å²) in [5.74, 6) is -0.844. The lowest BCUT2D eigenvalue weighted by Crippen LogP contribution is -2.29. The number of unbranched alkanes of at least 4 members (excludes halogenated alkanes) is 35. The Labute approximate surface area is 524 Å². The highest BCUT2D eigenvalue weighted by Gasteiger charge is 2.26. The molecule has 2 unspecified atom stereocenters. The number of carbonyl (C=O) groups excluding carboxylic acids is 2. The summed E-state index contributed by atoms with van der Waals surface area (Å²) in [6.07, 6.45) is 96.2. The first-order valence-electron chi connectivity index (χ1n) is 35.4. The van der Waals surface area contributed by atoms with Crippen molar-refractivity contribution in [1.82, 2.24) is 0 Å². The molecule has 0 radical (unpaired) electrons. The molecule has 3 N–H and O–H groups in total. The van der Waals surface area contributed by atoms with E-state index in [1.165, 1.54) is 180 Å². The Morgan fingerprint density at radius 2 is 0.647 bits per heavy atom. The topological polar surface area (TPSA) is 134 Å². The normalized spacial score (nSPS) is 13.6. The van der Waals surface area contributed by atoms with Gasteiger partial charge in [-0.1, -0.05) is 335 Å². The quantitative estimate of drug-likeness (QED) is 0.0264. The van der Waals surface area contributed by atoms with Crippen LogP contribution >= 0.6 is 7.82 Å². The van der Waals surface area contributed by atoms with Gasteiger partial charge in [0.2, 0.25) is 0 Å². The van der Waals surface area contributed by atoms with E-state index in [0.717, 1.165) is 109 Å². The molecule has 0 aromatic rings. The number of phosphoric acid groups is 1. The molecule has 0 fully saturated rings. The average Bonchev–Trinajstić information content (AvgIpc) is 3.52. The molecule has 0 saturated carbocycles. The molecule has 0 saturated heterocycles. The summed E-state index contributed by atoms with van der Waals surface area (Å²) in [5.41, 5.74) is 5.40. The van der Waals surface area contributed by atoms with E-state index in [1.54, 1.807) is 0 Å². The van der Waals surface area contributed by atoms with Crippen LogP contribution in [0.5, 0.6) is 0 Å². The minimum Gasteiger partial charge on any atom is -0.462 e. The zero-order chi connectivity index (χ0) is 61.6. The standard InChI is InChI=1S/C75H132NO8P/c1-3-5-7-9-11-13-15-17-19-21-23-25-27-29-31-33-35-36-38-40-42-44-46-48-50-52-54-56-58-60-62-64-66-68-75(78)84-73(72-83-85(79,80)82-70-69-76)71-81-74(77)67-65-63-61-59-57-55-53-51-49-47-45-43-41-39-37-34-32-30-28-26-24-22-20-18-16-14-12-10-8-6-4-2/h5,7,11,13,17,19,23,25,29,31,35-36,40,42,46,48,52,54,73H,3-4,6,8-10,12,14-16,18,20-22,24,26-28,30,32-34,37-39,41,43-45,47,49-51,53,55-72,76H2,1-2H3,(H,79,80)/b7-5-,13-11-,19-17-,25-23-,31-29-,36-35-,42-40-,48-46-,54-52-. The fraction of sp³-hybridized carbons (Fsp3) is 0.733. The fourth-order valence-corrected chi connectivity index (χ4v) is 10.8. The van der Waals surface area contributed by atoms with Crippen LogP contribution in [0.2, 0.25) is 0 Å². The van der Waals surface area contributed by atoms with E-state index in [2.05, 4.69) is 123 Å². The molecule has 0 spiro atoms. The Morgan fingerprint density at radius 1 is 0.365 bits per heavy atom. The lowest BCUT2D eigenvalue weighted by molar-refractivity contribution is -0.161. The zero-order valence-electron chi connectivity index (χ0n) is 55.1. The Balaban J connectivity index is 3.94. The van der Waals surface area contributed by atoms with E-state index in [9.17, 15) is 19.0 Å². The zero-order valence-corrected chi connectivity index (χ0v) is 56.0. The third-order valence-corrected chi connectivity index (χ3v) is 16.2. The molecule has 0 aliphatic heterocycles. The van der Waals surface area contributed by atoms with Gasteiger partial charge in [0.25, 0.3) is 0 Å². The molecule has 0 heterocycles. The van der Waals surface area contributed by atoms with Crippen molar-refractivity contribution in [2.75, 3.05) is 26.4 Å². The number of hydrogen-bond donors (Lipinski definition) is 2. The maximum atomic E-state index is 12.8. The molecule has 0 amide bonds. The second-order valence-corrected chi connectivity index (χ2v) is 24.8. The molecule has 0 aliphatic carbocycles. The number of rotatable bonds is 66. The van der Waals surface area contributed by atoms with Crippen LogP contribution in [0.1, 0.15) is 322 Å². The van der Waals surface area contributed by atoms with Crippen molar-refractivity contribution in [3.63, 3.8) is 0 Å². The highest BCUT2D eigenvalue weighted by Crippen LogP contribution is 2.43. The van der Waals surface area contributed by atoms with Crippen molar-refractivity contribution in [2.24, 2.45) is 5.73 Å². The predicted molar refractivity (Wildman–Crippen MR) is 367 cm³/mol. The largest absolute Gasteiger partial charge is 0.472 e. The van der Waals surface area contributed by atoms with E-state index in [4.69, 9.17) is 24.3 Å². The van der Waals surface area contributed by atoms with Gasteiger partial charge in [0, 0.05) is 19.4 Å². The summed E-state index contributed by atoms with van der Waals surface area (Å²) in [5, 5.41) is 0. The number of phosphoric ester groups is 1. The third-order valence-electron chi connectivity index (χ3n) is 15.2. The van der Waals surface area contributed by atoms with E-state index in [-0.39, 0.29) is 38.6 Å². The summed E-state index contributed by atoms with van der Waals surface area (Å²) in [4.78, 5) is 35.4. The maximum Gasteiger partial charge on any atom is 0.472 e. The van der Waals surface area contributed by atoms with Gasteiger partial charge in [-0.3, -0.25) is 18.6 Å². The molecule has 490 valence electrons. The van der Waals surface area contributed by atoms with Gasteiger partial charge in [-0.25, -0.2) is 4.57 Å². The van der Waals surface area contributed by atoms with Crippen molar-refractivity contribution >= 4 is 19.8 Å². The van der Waals surface area contributed by atoms with Crippen molar-refractivity contribution < 1.29 is 37.6 Å². The Bertz CT molecular complexity index is 1760. The summed E-state index contributed by atoms with van der Waals surface area (Å²) < 4.78 is 33.2. The second kappa shape index (κ2) is 69.8. The van der Waals surface area contributed by atoms with Crippen LogP contribution < -0.4 is 5.73 Å². The van der Waals surface area contributed by atoms with Gasteiger partial charge in [0.1, 0.15) is 6.61 Å². The van der Waals surface area contributed by atoms with Gasteiger partial charge in [-0.15, -0.1) is 0 Å². The number of esters is 2. The van der Waals surface area contributed by atoms with Gasteiger partial charge >= 0.3 is 19.8 Å². The van der Waals surface area contributed by atoms with E-state index in [1.807, 2.05) is 0 Å². The molecule has 9 nitrogen and oxygen atoms in total. The van der Waals surface area contributed by atoms with Crippen molar-refractivity contribution in [2.45, 2.75) is 328 Å². The summed E-state index contributed by atoms with van der Waals surface area (Å²) in [6, 6.07) is 0. The third kappa shape index (κ3) is 69.6. The summed E-state index contributed by atoms with van der Waals surface area (Å²) >= 11 is 0. The first-order valence-corrected chi connectivity index (χ1v) is 36.9. The maximum absolute atomic E-state index is 12.8. The highest BCUT2D eigenvalue weighted by molar-refractivity contribution is 7.47. The van der Waals surface area contributed by atoms with E-state index >= 15 is 0 Å². The molecular formula is C75H132NO8P. The van der Waals surface area contributed by atoms with Gasteiger partial charge in [0.05, 0.1) is 13.2 Å². The molecular weight excluding hydrogens is 1070 g/mol. The molecule has 0 rings (SSSR count). The van der Waals surface area contributed by atoms with Crippen LogP contribution in [0, 0.1) is 0 Å². The first kappa shape index (κ1) is 81.7. The SMILES string of the molecule is CC/C=C\C/C=C\C/C=C\C/C=C\C/C=C\C/C=C\C/C=C\C/C=C\C/C=C\CCCCCCCC(=O)OC(COC(=O)CCCCCCCCCCCCCCCCCCCCCCCCCCCCCCCCC)COP(=O)(O)OCCN. The molecule has 10 heteroatoms. The lowest BCUT2D eigenvalue weighted by Gasteiger charge is -2.19. The van der Waals surface area contributed by atoms with Crippen molar-refractivity contribution in [3.05, 3.63) is 109 Å². The van der Waals surface area contributed by atoms with Gasteiger partial charge in [0.15, 0.2) is 6.10 Å². The van der Waals surface area contributed by atoms with Gasteiger partial charge < -0.3 is 20.1 Å². The molecule has 2 atom stereocenters. The Kier molecular flexibility index (Phi) is 67.0. The predicted octanol–water partition coefficient (Wildman–Crippen LogP) is 23.3. The van der Waals surface area contributed by atoms with E-state index in [0.29, 0.717) is 6.42 Å². The summed E-state index contributed by atoms with van der Waals surface area (Å²) in [6.45, 7) is 3.64. The van der Waals surface area contributed by atoms with E-state index < -0.39 is 26.5 Å². The first-order chi connectivity index (χ1) is 41.8. The monoisotopic (exact) mass is 1210 g/mol. The number of allylic oxidation sites excluding steroid dienone is 18. The van der Waals surface area contributed by atoms with Crippen LogP contribution in [-0.4, -0.2) is 49.3 Å². The molecule has 0 aromatic heterocycles. The minimum atomic E-state index is -4.41. The Morgan fingerprint density at radius 3 is 0.965 bits per heavy atom. The van der Waals surface area contributed by atoms with Crippen LogP contribution in [0.3, 0.4) is 0 Å². The number of hydrogen-bond acceptors (Lipinski definition) is 8. The van der Waals surface area contributed by atoms with Crippen LogP contribution in [0.25, 0.3) is 0 Å². The lowest BCUT2D eigenvalue weighted by atomic mass is 10.0. The second-order valence-electron chi connectivity index (χ2n) is 23.4.